The molecule has 3 heterocycles. The molecule has 3 aromatic heterocycles. The molecule has 0 bridgehead atoms. The molecule has 3 N–H and O–H groups in total. The van der Waals surface area contributed by atoms with E-state index >= 15 is 0 Å². The first-order valence-electron chi connectivity index (χ1n) is 9.08. The van der Waals surface area contributed by atoms with Gasteiger partial charge in [0.1, 0.15) is 11.2 Å². The van der Waals surface area contributed by atoms with Gasteiger partial charge in [0.25, 0.3) is 5.92 Å². The molecule has 0 radical (unpaired) electrons. The first kappa shape index (κ1) is 17.5. The van der Waals surface area contributed by atoms with Crippen molar-refractivity contribution in [3.05, 3.63) is 42.2 Å². The summed E-state index contributed by atoms with van der Waals surface area (Å²) in [7, 11) is 0. The van der Waals surface area contributed by atoms with Crippen molar-refractivity contribution >= 4 is 39.4 Å². The largest absolute Gasteiger partial charge is 0.356 e. The third-order valence-electron chi connectivity index (χ3n) is 4.91. The Morgan fingerprint density at radius 3 is 3.00 bits per heavy atom. The molecule has 10 heteroatoms. The summed E-state index contributed by atoms with van der Waals surface area (Å²) in [4.78, 5) is 16.4. The molecule has 148 valence electrons. The van der Waals surface area contributed by atoms with Gasteiger partial charge < -0.3 is 15.2 Å². The number of benzene rings is 1. The lowest BCUT2D eigenvalue weighted by Gasteiger charge is -2.35. The van der Waals surface area contributed by atoms with Crippen LogP contribution < -0.4 is 10.6 Å². The van der Waals surface area contributed by atoms with Gasteiger partial charge in [0.2, 0.25) is 5.91 Å². The number of hydrogen-bond donors (Lipinski definition) is 3. The molecule has 1 amide bonds. The molecule has 0 saturated heterocycles. The fourth-order valence-electron chi connectivity index (χ4n) is 3.47. The lowest BCUT2D eigenvalue weighted by Crippen LogP contribution is -2.50. The molecule has 1 aliphatic rings. The number of carbonyl (C=O) groups is 1. The Bertz CT molecular complexity index is 1210. The van der Waals surface area contributed by atoms with Gasteiger partial charge in [-0.15, -0.1) is 0 Å². The van der Waals surface area contributed by atoms with Crippen LogP contribution in [0.1, 0.15) is 18.5 Å². The van der Waals surface area contributed by atoms with Gasteiger partial charge in [0.15, 0.2) is 11.4 Å². The maximum absolute atomic E-state index is 12.9. The van der Waals surface area contributed by atoms with Crippen LogP contribution in [0.5, 0.6) is 0 Å². The summed E-state index contributed by atoms with van der Waals surface area (Å²) < 4.78 is 31.1. The Hall–Kier alpha value is -3.56. The molecule has 1 aliphatic carbocycles. The molecule has 1 aromatic carbocycles. The zero-order chi connectivity index (χ0) is 20.0. The maximum Gasteiger partial charge on any atom is 0.252 e. The number of hydrogen-bond acceptors (Lipinski definition) is 6. The van der Waals surface area contributed by atoms with Gasteiger partial charge in [0, 0.05) is 42.2 Å². The van der Waals surface area contributed by atoms with Gasteiger partial charge in [0.05, 0.1) is 11.9 Å². The standard InChI is InChI=1S/C19H16F2N6O2/c20-19(21)8-11(9-19)23-16(28)7-14-12-4-3-10(6-15(12)29-27-14)24-18-17-13(25-26-18)2-1-5-22-17/h1-6,11H,7-9H2,(H,23,28)(H2,24,25,26). The van der Waals surface area contributed by atoms with E-state index in [1.54, 1.807) is 18.3 Å². The van der Waals surface area contributed by atoms with E-state index in [1.165, 1.54) is 0 Å². The number of nitrogens with zero attached hydrogens (tertiary/aromatic N) is 3. The highest BCUT2D eigenvalue weighted by molar-refractivity contribution is 5.91. The van der Waals surface area contributed by atoms with Crippen molar-refractivity contribution in [1.29, 1.82) is 0 Å². The van der Waals surface area contributed by atoms with E-state index in [9.17, 15) is 13.6 Å². The maximum atomic E-state index is 12.9. The zero-order valence-electron chi connectivity index (χ0n) is 15.1. The van der Waals surface area contributed by atoms with Crippen LogP contribution in [0.15, 0.2) is 41.1 Å². The third kappa shape index (κ3) is 3.37. The Morgan fingerprint density at radius 2 is 2.17 bits per heavy atom. The highest BCUT2D eigenvalue weighted by Gasteiger charge is 2.45. The molecule has 0 spiro atoms. The number of H-pyrrole nitrogens is 1. The van der Waals surface area contributed by atoms with Gasteiger partial charge >= 0.3 is 0 Å². The van der Waals surface area contributed by atoms with Crippen LogP contribution in [0.3, 0.4) is 0 Å². The number of anilines is 2. The normalized spacial score (nSPS) is 16.1. The summed E-state index contributed by atoms with van der Waals surface area (Å²) in [5.41, 5.74) is 3.21. The highest BCUT2D eigenvalue weighted by atomic mass is 19.3. The Morgan fingerprint density at radius 1 is 1.31 bits per heavy atom. The highest BCUT2D eigenvalue weighted by Crippen LogP contribution is 2.37. The molecular weight excluding hydrogens is 382 g/mol. The van der Waals surface area contributed by atoms with Crippen molar-refractivity contribution < 1.29 is 18.1 Å². The topological polar surface area (TPSA) is 109 Å². The molecule has 29 heavy (non-hydrogen) atoms. The first-order chi connectivity index (χ1) is 14.0. The van der Waals surface area contributed by atoms with E-state index in [0.717, 1.165) is 11.2 Å². The summed E-state index contributed by atoms with van der Waals surface area (Å²) in [5, 5.41) is 17.5. The van der Waals surface area contributed by atoms with Crippen LogP contribution in [-0.4, -0.2) is 38.2 Å². The molecule has 0 aliphatic heterocycles. The molecule has 8 nitrogen and oxygen atoms in total. The van der Waals surface area contributed by atoms with E-state index < -0.39 is 12.0 Å². The van der Waals surface area contributed by atoms with Crippen LogP contribution in [0.2, 0.25) is 0 Å². The molecule has 0 unspecified atom stereocenters. The number of alkyl halides is 2. The van der Waals surface area contributed by atoms with E-state index in [4.69, 9.17) is 4.52 Å². The van der Waals surface area contributed by atoms with Crippen molar-refractivity contribution in [2.24, 2.45) is 0 Å². The van der Waals surface area contributed by atoms with Gasteiger partial charge in [-0.05, 0) is 24.3 Å². The second-order valence-electron chi connectivity index (χ2n) is 7.14. The average Bonchev–Trinajstić information content (AvgIpc) is 3.25. The first-order valence-corrected chi connectivity index (χ1v) is 9.08. The van der Waals surface area contributed by atoms with E-state index in [0.29, 0.717) is 28.0 Å². The Kier molecular flexibility index (Phi) is 3.93. The monoisotopic (exact) mass is 398 g/mol. The van der Waals surface area contributed by atoms with Gasteiger partial charge in [-0.3, -0.25) is 14.9 Å². The second kappa shape index (κ2) is 6.50. The van der Waals surface area contributed by atoms with Crippen LogP contribution in [-0.2, 0) is 11.2 Å². The SMILES string of the molecule is O=C(Cc1noc2cc(Nc3n[nH]c4cccnc34)ccc12)NC1CC(F)(F)C1. The van der Waals surface area contributed by atoms with E-state index in [2.05, 4.69) is 31.0 Å². The van der Waals surface area contributed by atoms with Gasteiger partial charge in [-0.25, -0.2) is 8.78 Å². The van der Waals surface area contributed by atoms with Crippen LogP contribution in [0.4, 0.5) is 20.3 Å². The number of carbonyl (C=O) groups excluding carboxylic acids is 1. The minimum absolute atomic E-state index is 0.0320. The minimum Gasteiger partial charge on any atom is -0.356 e. The lowest BCUT2D eigenvalue weighted by molar-refractivity contribution is -0.128. The van der Waals surface area contributed by atoms with Crippen LogP contribution >= 0.6 is 0 Å². The number of amides is 1. The van der Waals surface area contributed by atoms with Crippen molar-refractivity contribution in [1.82, 2.24) is 25.7 Å². The molecule has 5 rings (SSSR count). The third-order valence-corrected chi connectivity index (χ3v) is 4.91. The van der Waals surface area contributed by atoms with Crippen LogP contribution in [0, 0.1) is 0 Å². The molecular formula is C19H16F2N6O2. The lowest BCUT2D eigenvalue weighted by atomic mass is 9.88. The number of fused-ring (bicyclic) bond motifs is 2. The predicted octanol–water partition coefficient (Wildman–Crippen LogP) is 3.30. The average molecular weight is 398 g/mol. The number of rotatable bonds is 5. The van der Waals surface area contributed by atoms with Crippen molar-refractivity contribution in [3.8, 4) is 0 Å². The fraction of sp³-hybridized carbons (Fsp3) is 0.263. The predicted molar refractivity (Wildman–Crippen MR) is 101 cm³/mol. The summed E-state index contributed by atoms with van der Waals surface area (Å²) >= 11 is 0. The van der Waals surface area contributed by atoms with Gasteiger partial charge in [-0.2, -0.15) is 5.10 Å². The number of nitrogens with one attached hydrogen (secondary N) is 3. The van der Waals surface area contributed by atoms with Crippen molar-refractivity contribution in [2.45, 2.75) is 31.2 Å². The molecule has 1 saturated carbocycles. The summed E-state index contributed by atoms with van der Waals surface area (Å²) in [6, 6.07) is 8.57. The number of aromatic nitrogens is 4. The second-order valence-corrected chi connectivity index (χ2v) is 7.14. The summed E-state index contributed by atoms with van der Waals surface area (Å²) in [6.45, 7) is 0. The van der Waals surface area contributed by atoms with E-state index in [-0.39, 0.29) is 25.2 Å². The van der Waals surface area contributed by atoms with E-state index in [1.807, 2.05) is 18.2 Å². The number of pyridine rings is 1. The Labute approximate surface area is 162 Å². The Balaban J connectivity index is 1.30. The molecule has 0 atom stereocenters. The quantitative estimate of drug-likeness (QED) is 0.476. The number of aromatic amines is 1. The van der Waals surface area contributed by atoms with Gasteiger partial charge in [-0.1, -0.05) is 5.16 Å². The van der Waals surface area contributed by atoms with Crippen LogP contribution in [0.25, 0.3) is 22.0 Å². The summed E-state index contributed by atoms with van der Waals surface area (Å²) in [6.07, 6.45) is 1.02. The zero-order valence-corrected chi connectivity index (χ0v) is 15.1. The molecule has 1 fully saturated rings. The number of halogens is 2. The van der Waals surface area contributed by atoms with Crippen molar-refractivity contribution in [3.63, 3.8) is 0 Å². The minimum atomic E-state index is -2.67. The molecule has 4 aromatic rings. The summed E-state index contributed by atoms with van der Waals surface area (Å²) in [5.74, 6) is -2.44. The smallest absolute Gasteiger partial charge is 0.252 e. The van der Waals surface area contributed by atoms with Crippen molar-refractivity contribution in [2.75, 3.05) is 5.32 Å². The fourth-order valence-corrected chi connectivity index (χ4v) is 3.47.